The van der Waals surface area contributed by atoms with Gasteiger partial charge in [0.15, 0.2) is 6.61 Å². The van der Waals surface area contributed by atoms with Gasteiger partial charge >= 0.3 is 5.97 Å². The van der Waals surface area contributed by atoms with Gasteiger partial charge in [-0.05, 0) is 24.6 Å². The monoisotopic (exact) mass is 442 g/mol. The quantitative estimate of drug-likeness (QED) is 0.326. The Labute approximate surface area is 183 Å². The van der Waals surface area contributed by atoms with Crippen molar-refractivity contribution in [3.05, 3.63) is 58.4 Å². The molecule has 168 valence electrons. The van der Waals surface area contributed by atoms with E-state index >= 15 is 0 Å². The van der Waals surface area contributed by atoms with Gasteiger partial charge < -0.3 is 14.4 Å². The molecule has 0 spiro atoms. The Bertz CT molecular complexity index is 1010. The summed E-state index contributed by atoms with van der Waals surface area (Å²) in [5, 5.41) is 11.1. The minimum absolute atomic E-state index is 0.0149. The first-order valence-corrected chi connectivity index (χ1v) is 9.93. The molecule has 0 fully saturated rings. The zero-order valence-electron chi connectivity index (χ0n) is 17.4. The van der Waals surface area contributed by atoms with Crippen LogP contribution in [0.25, 0.3) is 0 Å². The Morgan fingerprint density at radius 3 is 2.84 bits per heavy atom. The van der Waals surface area contributed by atoms with Crippen LogP contribution in [0.15, 0.2) is 42.7 Å². The normalized spacial score (nSPS) is 12.5. The molecule has 1 aromatic carbocycles. The number of esters is 1. The van der Waals surface area contributed by atoms with Crippen molar-refractivity contribution in [2.45, 2.75) is 19.9 Å². The second kappa shape index (κ2) is 10.3. The molecule has 0 radical (unpaired) electrons. The van der Waals surface area contributed by atoms with E-state index in [0.29, 0.717) is 0 Å². The van der Waals surface area contributed by atoms with E-state index in [1.807, 2.05) is 0 Å². The van der Waals surface area contributed by atoms with E-state index in [1.54, 1.807) is 31.5 Å². The predicted molar refractivity (Wildman–Crippen MR) is 112 cm³/mol. The van der Waals surface area contributed by atoms with E-state index in [1.165, 1.54) is 23.1 Å². The Morgan fingerprint density at radius 2 is 2.16 bits per heavy atom. The average molecular weight is 442 g/mol. The molecule has 2 heterocycles. The van der Waals surface area contributed by atoms with Crippen molar-refractivity contribution < 1.29 is 28.8 Å². The second-order valence-corrected chi connectivity index (χ2v) is 6.91. The molecule has 11 nitrogen and oxygen atoms in total. The van der Waals surface area contributed by atoms with Crippen LogP contribution in [0.4, 0.5) is 11.4 Å². The number of non-ortho nitro benzene ring substituents is 1. The van der Waals surface area contributed by atoms with Crippen molar-refractivity contribution in [2.75, 3.05) is 31.2 Å². The number of carbonyl (C=O) groups excluding carboxylic acids is 3. The van der Waals surface area contributed by atoms with Crippen LogP contribution in [0.2, 0.25) is 0 Å². The molecule has 1 aliphatic heterocycles. The summed E-state index contributed by atoms with van der Waals surface area (Å²) >= 11 is 0. The van der Waals surface area contributed by atoms with Gasteiger partial charge in [0.25, 0.3) is 11.6 Å². The Morgan fingerprint density at radius 1 is 1.34 bits per heavy atom. The highest BCUT2D eigenvalue weighted by Gasteiger charge is 2.30. The van der Waals surface area contributed by atoms with Gasteiger partial charge in [0.2, 0.25) is 5.91 Å². The standard InChI is InChI=1S/C21H22N4O7/c1-2-31-21(28)7-9-23(12-15-4-3-8-22-11-15)19(26)13-24-17-10-16(25(29)30)5-6-18(17)32-14-20(24)27/h3-6,8,10-11H,2,7,9,12-14H2,1H3. The van der Waals surface area contributed by atoms with Crippen LogP contribution in [-0.2, 0) is 25.7 Å². The van der Waals surface area contributed by atoms with Crippen LogP contribution in [0.3, 0.4) is 0 Å². The maximum Gasteiger partial charge on any atom is 0.307 e. The number of hydrogen-bond donors (Lipinski definition) is 0. The van der Waals surface area contributed by atoms with Crippen molar-refractivity contribution in [3.63, 3.8) is 0 Å². The van der Waals surface area contributed by atoms with Gasteiger partial charge in [-0.3, -0.25) is 34.4 Å². The van der Waals surface area contributed by atoms with E-state index in [-0.39, 0.29) is 56.4 Å². The summed E-state index contributed by atoms with van der Waals surface area (Å²) in [6.45, 7) is 1.52. The Balaban J connectivity index is 1.81. The van der Waals surface area contributed by atoms with E-state index < -0.39 is 22.7 Å². The third kappa shape index (κ3) is 5.56. The Hall–Kier alpha value is -4.02. The van der Waals surface area contributed by atoms with Crippen LogP contribution < -0.4 is 9.64 Å². The first-order chi connectivity index (χ1) is 15.4. The predicted octanol–water partition coefficient (Wildman–Crippen LogP) is 1.70. The number of anilines is 1. The molecule has 0 atom stereocenters. The number of pyridine rings is 1. The molecule has 0 saturated heterocycles. The number of carbonyl (C=O) groups is 3. The number of nitro benzene ring substituents is 1. The maximum atomic E-state index is 13.1. The molecule has 0 aliphatic carbocycles. The molecule has 0 unspecified atom stereocenters. The summed E-state index contributed by atoms with van der Waals surface area (Å²) in [5.74, 6) is -1.11. The highest BCUT2D eigenvalue weighted by atomic mass is 16.6. The van der Waals surface area contributed by atoms with Crippen LogP contribution in [-0.4, -0.2) is 58.9 Å². The van der Waals surface area contributed by atoms with Gasteiger partial charge in [-0.15, -0.1) is 0 Å². The first-order valence-electron chi connectivity index (χ1n) is 9.93. The molecule has 1 aliphatic rings. The van der Waals surface area contributed by atoms with Gasteiger partial charge in [-0.25, -0.2) is 0 Å². The summed E-state index contributed by atoms with van der Waals surface area (Å²) < 4.78 is 10.3. The van der Waals surface area contributed by atoms with Gasteiger partial charge in [0.1, 0.15) is 12.3 Å². The van der Waals surface area contributed by atoms with Crippen LogP contribution in [0.1, 0.15) is 18.9 Å². The summed E-state index contributed by atoms with van der Waals surface area (Å²) in [6.07, 6.45) is 3.19. The van der Waals surface area contributed by atoms with Crippen molar-refractivity contribution in [3.8, 4) is 5.75 Å². The third-order valence-electron chi connectivity index (χ3n) is 4.73. The van der Waals surface area contributed by atoms with Gasteiger partial charge in [-0.1, -0.05) is 6.07 Å². The molecular formula is C21H22N4O7. The van der Waals surface area contributed by atoms with Crippen molar-refractivity contribution in [1.29, 1.82) is 0 Å². The van der Waals surface area contributed by atoms with Gasteiger partial charge in [-0.2, -0.15) is 0 Å². The number of fused-ring (bicyclic) bond motifs is 1. The average Bonchev–Trinajstić information content (AvgIpc) is 2.79. The fourth-order valence-corrected chi connectivity index (χ4v) is 3.18. The minimum Gasteiger partial charge on any atom is -0.482 e. The molecule has 32 heavy (non-hydrogen) atoms. The summed E-state index contributed by atoms with van der Waals surface area (Å²) in [5.41, 5.74) is 0.665. The molecule has 3 rings (SSSR count). The van der Waals surface area contributed by atoms with E-state index in [4.69, 9.17) is 9.47 Å². The molecule has 2 amide bonds. The van der Waals surface area contributed by atoms with Gasteiger partial charge in [0.05, 0.1) is 23.6 Å². The highest BCUT2D eigenvalue weighted by molar-refractivity contribution is 6.02. The maximum absolute atomic E-state index is 13.1. The van der Waals surface area contributed by atoms with Crippen LogP contribution in [0.5, 0.6) is 5.75 Å². The topological polar surface area (TPSA) is 132 Å². The number of rotatable bonds is 9. The number of ether oxygens (including phenoxy) is 2. The molecule has 1 aromatic heterocycles. The molecule has 2 aromatic rings. The van der Waals surface area contributed by atoms with Crippen molar-refractivity contribution >= 4 is 29.2 Å². The highest BCUT2D eigenvalue weighted by Crippen LogP contribution is 2.35. The third-order valence-corrected chi connectivity index (χ3v) is 4.73. The minimum atomic E-state index is -0.590. The second-order valence-electron chi connectivity index (χ2n) is 6.91. The largest absolute Gasteiger partial charge is 0.482 e. The van der Waals surface area contributed by atoms with E-state index in [9.17, 15) is 24.5 Å². The van der Waals surface area contributed by atoms with Gasteiger partial charge in [0, 0.05) is 37.6 Å². The lowest BCUT2D eigenvalue weighted by molar-refractivity contribution is -0.384. The van der Waals surface area contributed by atoms with Crippen LogP contribution >= 0.6 is 0 Å². The number of amides is 2. The van der Waals surface area contributed by atoms with Crippen molar-refractivity contribution in [1.82, 2.24) is 9.88 Å². The van der Waals surface area contributed by atoms with Crippen LogP contribution in [0, 0.1) is 10.1 Å². The lowest BCUT2D eigenvalue weighted by Crippen LogP contribution is -2.46. The molecule has 0 N–H and O–H groups in total. The fourth-order valence-electron chi connectivity index (χ4n) is 3.18. The lowest BCUT2D eigenvalue weighted by atomic mass is 10.2. The summed E-state index contributed by atoms with van der Waals surface area (Å²) in [7, 11) is 0. The number of benzene rings is 1. The van der Waals surface area contributed by atoms with E-state index in [2.05, 4.69) is 4.98 Å². The molecule has 0 bridgehead atoms. The zero-order chi connectivity index (χ0) is 23.1. The SMILES string of the molecule is CCOC(=O)CCN(Cc1cccnc1)C(=O)CN1C(=O)COc2ccc([N+](=O)[O-])cc21. The fraction of sp³-hybridized carbons (Fsp3) is 0.333. The van der Waals surface area contributed by atoms with E-state index in [0.717, 1.165) is 10.5 Å². The lowest BCUT2D eigenvalue weighted by Gasteiger charge is -2.31. The summed E-state index contributed by atoms with van der Waals surface area (Å²) in [6, 6.07) is 7.37. The summed E-state index contributed by atoms with van der Waals surface area (Å²) in [4.78, 5) is 54.6. The number of nitrogens with zero attached hydrogens (tertiary/aromatic N) is 4. The first kappa shape index (κ1) is 22.7. The molecule has 11 heteroatoms. The zero-order valence-corrected chi connectivity index (χ0v) is 17.4. The molecular weight excluding hydrogens is 420 g/mol. The Kier molecular flexibility index (Phi) is 7.32. The number of hydrogen-bond acceptors (Lipinski definition) is 8. The molecule has 0 saturated carbocycles. The number of aromatic nitrogens is 1. The number of nitro groups is 1. The van der Waals surface area contributed by atoms with Crippen molar-refractivity contribution in [2.24, 2.45) is 0 Å². The smallest absolute Gasteiger partial charge is 0.307 e.